The van der Waals surface area contributed by atoms with Crippen LogP contribution in [-0.2, 0) is 11.2 Å². The van der Waals surface area contributed by atoms with Gasteiger partial charge in [0.15, 0.2) is 6.61 Å². The summed E-state index contributed by atoms with van der Waals surface area (Å²) in [6, 6.07) is 5.65. The van der Waals surface area contributed by atoms with Crippen molar-refractivity contribution in [3.8, 4) is 5.75 Å². The fourth-order valence-corrected chi connectivity index (χ4v) is 2.32. The number of hydrogen-bond donors (Lipinski definition) is 2. The van der Waals surface area contributed by atoms with E-state index in [0.717, 1.165) is 36.1 Å². The first-order chi connectivity index (χ1) is 8.72. The molecule has 0 spiro atoms. The molecule has 2 N–H and O–H groups in total. The normalized spacial score (nSPS) is 18.0. The minimum Gasteiger partial charge on any atom is -0.483 e. The maximum atomic E-state index is 11.4. The fraction of sp³-hybridized carbons (Fsp3) is 0.500. The monoisotopic (exact) mass is 249 g/mol. The maximum Gasteiger partial charge on any atom is 0.257 e. The van der Waals surface area contributed by atoms with Crippen LogP contribution in [0.25, 0.3) is 0 Å². The number of nitrogens with one attached hydrogen (secondary N) is 1. The molecule has 98 valence electrons. The minimum absolute atomic E-state index is 0.0282. The van der Waals surface area contributed by atoms with Crippen molar-refractivity contribution >= 4 is 5.91 Å². The third-order valence-electron chi connectivity index (χ3n) is 3.17. The van der Waals surface area contributed by atoms with E-state index >= 15 is 0 Å². The summed E-state index contributed by atoms with van der Waals surface area (Å²) in [5, 5.41) is 12.6. The summed E-state index contributed by atoms with van der Waals surface area (Å²) in [6.45, 7) is 2.51. The highest BCUT2D eigenvalue weighted by atomic mass is 16.5. The van der Waals surface area contributed by atoms with Gasteiger partial charge in [-0.25, -0.2) is 0 Å². The smallest absolute Gasteiger partial charge is 0.257 e. The number of ether oxygens (including phenoxy) is 1. The van der Waals surface area contributed by atoms with Crippen LogP contribution in [0.5, 0.6) is 5.75 Å². The SMILES string of the molecule is CCNC(=O)COc1cccc2c1CCC[C@H]2O. The second kappa shape index (κ2) is 5.87. The van der Waals surface area contributed by atoms with Crippen LogP contribution in [-0.4, -0.2) is 24.2 Å². The Kier molecular flexibility index (Phi) is 4.20. The van der Waals surface area contributed by atoms with Gasteiger partial charge in [0.1, 0.15) is 5.75 Å². The number of carbonyl (C=O) groups is 1. The van der Waals surface area contributed by atoms with Gasteiger partial charge in [0, 0.05) is 6.54 Å². The first-order valence-electron chi connectivity index (χ1n) is 6.41. The second-order valence-electron chi connectivity index (χ2n) is 4.47. The zero-order valence-electron chi connectivity index (χ0n) is 10.6. The Balaban J connectivity index is 2.09. The molecule has 0 saturated heterocycles. The van der Waals surface area contributed by atoms with Crippen LogP contribution in [0.4, 0.5) is 0 Å². The molecular weight excluding hydrogens is 230 g/mol. The first-order valence-corrected chi connectivity index (χ1v) is 6.41. The lowest BCUT2D eigenvalue weighted by Crippen LogP contribution is -2.28. The molecule has 0 heterocycles. The third-order valence-corrected chi connectivity index (χ3v) is 3.17. The van der Waals surface area contributed by atoms with Crippen LogP contribution >= 0.6 is 0 Å². The Hall–Kier alpha value is -1.55. The molecule has 0 radical (unpaired) electrons. The summed E-state index contributed by atoms with van der Waals surface area (Å²) in [5.74, 6) is 0.601. The molecule has 1 aromatic carbocycles. The number of benzene rings is 1. The van der Waals surface area contributed by atoms with Gasteiger partial charge >= 0.3 is 0 Å². The first kappa shape index (κ1) is 12.9. The van der Waals surface area contributed by atoms with Gasteiger partial charge in [0.05, 0.1) is 6.10 Å². The van der Waals surface area contributed by atoms with E-state index in [1.165, 1.54) is 0 Å². The summed E-state index contributed by atoms with van der Waals surface area (Å²) in [5.41, 5.74) is 1.98. The van der Waals surface area contributed by atoms with Gasteiger partial charge in [0.25, 0.3) is 5.91 Å². The fourth-order valence-electron chi connectivity index (χ4n) is 2.32. The Labute approximate surface area is 107 Å². The quantitative estimate of drug-likeness (QED) is 0.851. The average molecular weight is 249 g/mol. The van der Waals surface area contributed by atoms with Crippen molar-refractivity contribution < 1.29 is 14.6 Å². The van der Waals surface area contributed by atoms with E-state index < -0.39 is 6.10 Å². The highest BCUT2D eigenvalue weighted by molar-refractivity contribution is 5.77. The van der Waals surface area contributed by atoms with E-state index in [4.69, 9.17) is 4.74 Å². The highest BCUT2D eigenvalue weighted by Crippen LogP contribution is 2.35. The van der Waals surface area contributed by atoms with Crippen LogP contribution in [0.1, 0.15) is 37.0 Å². The standard InChI is InChI=1S/C14H19NO3/c1-2-15-14(17)9-18-13-8-4-5-10-11(13)6-3-7-12(10)16/h4-5,8,12,16H,2-3,6-7,9H2,1H3,(H,15,17)/t12-/m1/s1. The minimum atomic E-state index is -0.401. The van der Waals surface area contributed by atoms with E-state index in [0.29, 0.717) is 6.54 Å². The van der Waals surface area contributed by atoms with Crippen LogP contribution in [0.3, 0.4) is 0 Å². The highest BCUT2D eigenvalue weighted by Gasteiger charge is 2.21. The molecule has 0 bridgehead atoms. The van der Waals surface area contributed by atoms with Crippen LogP contribution in [0.2, 0.25) is 0 Å². The lowest BCUT2D eigenvalue weighted by atomic mass is 9.89. The summed E-state index contributed by atoms with van der Waals surface area (Å²) < 4.78 is 5.54. The Morgan fingerprint density at radius 1 is 1.56 bits per heavy atom. The molecule has 0 saturated carbocycles. The van der Waals surface area contributed by atoms with Gasteiger partial charge < -0.3 is 15.2 Å². The van der Waals surface area contributed by atoms with E-state index in [2.05, 4.69) is 5.32 Å². The summed E-state index contributed by atoms with van der Waals surface area (Å²) in [7, 11) is 0. The van der Waals surface area contributed by atoms with Gasteiger partial charge in [-0.15, -0.1) is 0 Å². The summed E-state index contributed by atoms with van der Waals surface area (Å²) in [4.78, 5) is 11.4. The summed E-state index contributed by atoms with van der Waals surface area (Å²) in [6.07, 6.45) is 2.25. The van der Waals surface area contributed by atoms with E-state index in [1.54, 1.807) is 0 Å². The number of aliphatic hydroxyl groups is 1. The molecule has 0 fully saturated rings. The molecule has 1 amide bonds. The van der Waals surface area contributed by atoms with Gasteiger partial charge in [-0.2, -0.15) is 0 Å². The largest absolute Gasteiger partial charge is 0.483 e. The summed E-state index contributed by atoms with van der Waals surface area (Å²) >= 11 is 0. The molecular formula is C14H19NO3. The maximum absolute atomic E-state index is 11.4. The molecule has 0 aliphatic heterocycles. The Bertz CT molecular complexity index is 431. The number of hydrogen-bond acceptors (Lipinski definition) is 3. The van der Waals surface area contributed by atoms with E-state index in [9.17, 15) is 9.90 Å². The van der Waals surface area contributed by atoms with E-state index in [1.807, 2.05) is 25.1 Å². The van der Waals surface area contributed by atoms with Crippen molar-refractivity contribution in [3.63, 3.8) is 0 Å². The number of fused-ring (bicyclic) bond motifs is 1. The lowest BCUT2D eigenvalue weighted by Gasteiger charge is -2.23. The topological polar surface area (TPSA) is 58.6 Å². The molecule has 0 unspecified atom stereocenters. The van der Waals surface area contributed by atoms with Crippen LogP contribution < -0.4 is 10.1 Å². The van der Waals surface area contributed by atoms with Gasteiger partial charge in [-0.1, -0.05) is 12.1 Å². The second-order valence-corrected chi connectivity index (χ2v) is 4.47. The molecule has 0 aromatic heterocycles. The molecule has 4 heteroatoms. The van der Waals surface area contributed by atoms with Crippen LogP contribution in [0, 0.1) is 0 Å². The number of carbonyl (C=O) groups excluding carboxylic acids is 1. The Morgan fingerprint density at radius 2 is 2.39 bits per heavy atom. The number of amides is 1. The molecule has 1 aliphatic rings. The number of aliphatic hydroxyl groups excluding tert-OH is 1. The lowest BCUT2D eigenvalue weighted by molar-refractivity contribution is -0.122. The van der Waals surface area contributed by atoms with Gasteiger partial charge in [-0.3, -0.25) is 4.79 Å². The Morgan fingerprint density at radius 3 is 3.17 bits per heavy atom. The van der Waals surface area contributed by atoms with Gasteiger partial charge in [-0.05, 0) is 43.4 Å². The van der Waals surface area contributed by atoms with E-state index in [-0.39, 0.29) is 12.5 Å². The van der Waals surface area contributed by atoms with Crippen molar-refractivity contribution in [2.75, 3.05) is 13.2 Å². The molecule has 2 rings (SSSR count). The molecule has 1 aromatic rings. The average Bonchev–Trinajstić information content (AvgIpc) is 2.37. The van der Waals surface area contributed by atoms with Gasteiger partial charge in [0.2, 0.25) is 0 Å². The number of rotatable bonds is 4. The van der Waals surface area contributed by atoms with Crippen LogP contribution in [0.15, 0.2) is 18.2 Å². The molecule has 4 nitrogen and oxygen atoms in total. The predicted octanol–water partition coefficient (Wildman–Crippen LogP) is 1.57. The number of likely N-dealkylation sites (N-methyl/N-ethyl adjacent to an activating group) is 1. The third kappa shape index (κ3) is 2.82. The molecule has 1 atom stereocenters. The zero-order chi connectivity index (χ0) is 13.0. The van der Waals surface area contributed by atoms with Crippen molar-refractivity contribution in [1.82, 2.24) is 5.32 Å². The van der Waals surface area contributed by atoms with Crippen molar-refractivity contribution in [2.24, 2.45) is 0 Å². The van der Waals surface area contributed by atoms with Crippen molar-refractivity contribution in [2.45, 2.75) is 32.3 Å². The zero-order valence-corrected chi connectivity index (χ0v) is 10.6. The van der Waals surface area contributed by atoms with Crippen molar-refractivity contribution in [3.05, 3.63) is 29.3 Å². The predicted molar refractivity (Wildman–Crippen MR) is 68.5 cm³/mol. The molecule has 18 heavy (non-hydrogen) atoms. The molecule has 1 aliphatic carbocycles. The van der Waals surface area contributed by atoms with Crippen molar-refractivity contribution in [1.29, 1.82) is 0 Å².